The molecule has 102 valence electrons. The number of nitrogens with two attached hydrogens (primary N) is 1. The molecule has 0 heterocycles. The van der Waals surface area contributed by atoms with Crippen molar-refractivity contribution in [1.82, 2.24) is 4.72 Å². The Kier molecular flexibility index (Phi) is 5.01. The topological polar surface area (TPSA) is 72.2 Å². The lowest BCUT2D eigenvalue weighted by atomic mass is 10.1. The van der Waals surface area contributed by atoms with E-state index in [2.05, 4.69) is 4.72 Å². The number of aryl methyl sites for hydroxylation is 1. The van der Waals surface area contributed by atoms with Crippen LogP contribution in [0.1, 0.15) is 25.8 Å². The Morgan fingerprint density at radius 3 is 2.61 bits per heavy atom. The van der Waals surface area contributed by atoms with Gasteiger partial charge in [0.1, 0.15) is 4.90 Å². The van der Waals surface area contributed by atoms with E-state index in [1.54, 1.807) is 13.0 Å². The molecule has 1 aromatic rings. The highest BCUT2D eigenvalue weighted by atomic mass is 35.5. The number of nitrogens with one attached hydrogen (secondary N) is 1. The lowest BCUT2D eigenvalue weighted by Crippen LogP contribution is -2.28. The molecule has 0 amide bonds. The SMILES string of the molecule is CCC(C)CNS(=O)(=O)c1cc(N)c(C)cc1Cl. The van der Waals surface area contributed by atoms with Gasteiger partial charge in [0, 0.05) is 12.2 Å². The van der Waals surface area contributed by atoms with E-state index in [1.165, 1.54) is 6.07 Å². The van der Waals surface area contributed by atoms with Gasteiger partial charge in [-0.25, -0.2) is 13.1 Å². The molecule has 0 aliphatic heterocycles. The zero-order valence-corrected chi connectivity index (χ0v) is 12.4. The van der Waals surface area contributed by atoms with Crippen LogP contribution in [0.4, 0.5) is 5.69 Å². The Hall–Kier alpha value is -0.780. The summed E-state index contributed by atoms with van der Waals surface area (Å²) in [7, 11) is -3.60. The highest BCUT2D eigenvalue weighted by molar-refractivity contribution is 7.89. The Morgan fingerprint density at radius 1 is 1.44 bits per heavy atom. The molecule has 1 rings (SSSR count). The van der Waals surface area contributed by atoms with Gasteiger partial charge in [0.15, 0.2) is 0 Å². The number of anilines is 1. The van der Waals surface area contributed by atoms with Crippen molar-refractivity contribution in [3.05, 3.63) is 22.7 Å². The quantitative estimate of drug-likeness (QED) is 0.819. The van der Waals surface area contributed by atoms with Gasteiger partial charge >= 0.3 is 0 Å². The van der Waals surface area contributed by atoms with Crippen molar-refractivity contribution in [1.29, 1.82) is 0 Å². The van der Waals surface area contributed by atoms with Crippen LogP contribution in [0.3, 0.4) is 0 Å². The number of nitrogen functional groups attached to an aromatic ring is 1. The van der Waals surface area contributed by atoms with Crippen molar-refractivity contribution in [2.45, 2.75) is 32.1 Å². The van der Waals surface area contributed by atoms with Gasteiger partial charge in [-0.15, -0.1) is 0 Å². The Labute approximate surface area is 114 Å². The van der Waals surface area contributed by atoms with Crippen LogP contribution in [0.5, 0.6) is 0 Å². The molecule has 0 bridgehead atoms. The van der Waals surface area contributed by atoms with Crippen molar-refractivity contribution >= 4 is 27.3 Å². The molecule has 18 heavy (non-hydrogen) atoms. The number of rotatable bonds is 5. The smallest absolute Gasteiger partial charge is 0.242 e. The molecule has 0 aliphatic carbocycles. The molecule has 1 aromatic carbocycles. The van der Waals surface area contributed by atoms with Crippen LogP contribution in [0.15, 0.2) is 17.0 Å². The van der Waals surface area contributed by atoms with Gasteiger partial charge in [-0.1, -0.05) is 31.9 Å². The van der Waals surface area contributed by atoms with Crippen LogP contribution in [-0.4, -0.2) is 15.0 Å². The van der Waals surface area contributed by atoms with Crippen LogP contribution in [0, 0.1) is 12.8 Å². The molecule has 1 unspecified atom stereocenters. The minimum atomic E-state index is -3.60. The second-order valence-electron chi connectivity index (χ2n) is 4.50. The molecule has 4 nitrogen and oxygen atoms in total. The fourth-order valence-electron chi connectivity index (χ4n) is 1.35. The number of sulfonamides is 1. The predicted molar refractivity (Wildman–Crippen MR) is 75.2 cm³/mol. The van der Waals surface area contributed by atoms with E-state index in [9.17, 15) is 8.42 Å². The fraction of sp³-hybridized carbons (Fsp3) is 0.500. The first-order valence-corrected chi connectivity index (χ1v) is 7.69. The van der Waals surface area contributed by atoms with E-state index < -0.39 is 10.0 Å². The molecule has 3 N–H and O–H groups in total. The lowest BCUT2D eigenvalue weighted by Gasteiger charge is -2.13. The molecule has 0 spiro atoms. The van der Waals surface area contributed by atoms with Gasteiger partial charge in [0.25, 0.3) is 0 Å². The maximum atomic E-state index is 12.1. The van der Waals surface area contributed by atoms with Gasteiger partial charge in [-0.05, 0) is 30.5 Å². The van der Waals surface area contributed by atoms with Gasteiger partial charge in [-0.3, -0.25) is 0 Å². The largest absolute Gasteiger partial charge is 0.398 e. The molecule has 0 aliphatic rings. The molecule has 6 heteroatoms. The van der Waals surface area contributed by atoms with E-state index in [0.29, 0.717) is 12.2 Å². The molecule has 1 atom stereocenters. The number of halogens is 1. The van der Waals surface area contributed by atoms with Crippen LogP contribution in [0.2, 0.25) is 5.02 Å². The number of hydrogen-bond donors (Lipinski definition) is 2. The van der Waals surface area contributed by atoms with E-state index in [-0.39, 0.29) is 15.8 Å². The number of benzene rings is 1. The average Bonchev–Trinajstić information content (AvgIpc) is 2.30. The Balaban J connectivity index is 3.02. The minimum Gasteiger partial charge on any atom is -0.398 e. The standard InChI is InChI=1S/C12H19ClN2O2S/c1-4-8(2)7-15-18(16,17)12-6-11(14)9(3)5-10(12)13/h5-6,8,15H,4,7,14H2,1-3H3. The maximum Gasteiger partial charge on any atom is 0.242 e. The summed E-state index contributed by atoms with van der Waals surface area (Å²) in [5.74, 6) is 0.279. The third kappa shape index (κ3) is 3.60. The molecule has 0 radical (unpaired) electrons. The summed E-state index contributed by atoms with van der Waals surface area (Å²) in [6.07, 6.45) is 0.909. The summed E-state index contributed by atoms with van der Waals surface area (Å²) in [4.78, 5) is 0.0376. The summed E-state index contributed by atoms with van der Waals surface area (Å²) >= 11 is 5.96. The lowest BCUT2D eigenvalue weighted by molar-refractivity contribution is 0.528. The first kappa shape index (κ1) is 15.3. The fourth-order valence-corrected chi connectivity index (χ4v) is 3.13. The summed E-state index contributed by atoms with van der Waals surface area (Å²) in [6, 6.07) is 2.96. The Bertz CT molecular complexity index is 529. The second-order valence-corrected chi connectivity index (χ2v) is 6.65. The van der Waals surface area contributed by atoms with Crippen LogP contribution in [0.25, 0.3) is 0 Å². The second kappa shape index (κ2) is 5.91. The first-order valence-electron chi connectivity index (χ1n) is 5.83. The third-order valence-corrected chi connectivity index (χ3v) is 4.82. The molecule has 0 aromatic heterocycles. The predicted octanol–water partition coefficient (Wildman–Crippen LogP) is 2.56. The van der Waals surface area contributed by atoms with Gasteiger partial charge in [-0.2, -0.15) is 0 Å². The highest BCUT2D eigenvalue weighted by Crippen LogP contribution is 2.26. The van der Waals surface area contributed by atoms with E-state index in [0.717, 1.165) is 12.0 Å². The molecular weight excluding hydrogens is 272 g/mol. The monoisotopic (exact) mass is 290 g/mol. The molecular formula is C12H19ClN2O2S. The highest BCUT2D eigenvalue weighted by Gasteiger charge is 2.19. The van der Waals surface area contributed by atoms with Crippen molar-refractivity contribution in [2.24, 2.45) is 5.92 Å². The molecule has 0 saturated carbocycles. The molecule has 0 fully saturated rings. The minimum absolute atomic E-state index is 0.0376. The summed E-state index contributed by atoms with van der Waals surface area (Å²) in [5, 5.41) is 0.193. The van der Waals surface area contributed by atoms with Gasteiger partial charge in [0.2, 0.25) is 10.0 Å². The first-order chi connectivity index (χ1) is 8.27. The average molecular weight is 291 g/mol. The Morgan fingerprint density at radius 2 is 2.06 bits per heavy atom. The van der Waals surface area contributed by atoms with Gasteiger partial charge in [0.05, 0.1) is 5.02 Å². The van der Waals surface area contributed by atoms with E-state index in [1.807, 2.05) is 13.8 Å². The zero-order chi connectivity index (χ0) is 13.9. The summed E-state index contributed by atoms with van der Waals surface area (Å²) in [5.41, 5.74) is 6.90. The van der Waals surface area contributed by atoms with Crippen molar-refractivity contribution in [3.8, 4) is 0 Å². The van der Waals surface area contributed by atoms with Crippen LogP contribution >= 0.6 is 11.6 Å². The van der Waals surface area contributed by atoms with Crippen LogP contribution in [-0.2, 0) is 10.0 Å². The van der Waals surface area contributed by atoms with Crippen LogP contribution < -0.4 is 10.5 Å². The van der Waals surface area contributed by atoms with Crippen molar-refractivity contribution in [2.75, 3.05) is 12.3 Å². The third-order valence-electron chi connectivity index (χ3n) is 2.93. The normalized spacial score (nSPS) is 13.6. The van der Waals surface area contributed by atoms with E-state index in [4.69, 9.17) is 17.3 Å². The summed E-state index contributed by atoms with van der Waals surface area (Å²) < 4.78 is 26.7. The maximum absolute atomic E-state index is 12.1. The summed E-state index contributed by atoms with van der Waals surface area (Å²) in [6.45, 7) is 6.16. The zero-order valence-electron chi connectivity index (χ0n) is 10.8. The van der Waals surface area contributed by atoms with Gasteiger partial charge < -0.3 is 5.73 Å². The van der Waals surface area contributed by atoms with E-state index >= 15 is 0 Å². The van der Waals surface area contributed by atoms with Crippen molar-refractivity contribution in [3.63, 3.8) is 0 Å². The molecule has 0 saturated heterocycles. The number of hydrogen-bond acceptors (Lipinski definition) is 3. The van der Waals surface area contributed by atoms with Crippen molar-refractivity contribution < 1.29 is 8.42 Å².